The number of nitrogens with one attached hydrogen (secondary N) is 1. The van der Waals surface area contributed by atoms with Gasteiger partial charge in [0.05, 0.1) is 32.1 Å². The number of hydrogen-bond acceptors (Lipinski definition) is 12. The molecule has 2 saturated heterocycles. The molecule has 2 aliphatic rings. The third kappa shape index (κ3) is 15.0. The first kappa shape index (κ1) is 42.5. The van der Waals surface area contributed by atoms with Crippen LogP contribution in [0.4, 0.5) is 0 Å². The number of hydrogen-bond donors (Lipinski definition) is 6. The molecule has 0 aliphatic carbocycles. The molecule has 0 radical (unpaired) electrons. The number of rotatable bonds is 17. The van der Waals surface area contributed by atoms with Crippen LogP contribution in [0.3, 0.4) is 0 Å². The highest BCUT2D eigenvalue weighted by molar-refractivity contribution is 6.43. The Morgan fingerprint density at radius 2 is 1.17 bits per heavy atom. The van der Waals surface area contributed by atoms with Gasteiger partial charge >= 0.3 is 25.0 Å². The Labute approximate surface area is 304 Å². The van der Waals surface area contributed by atoms with E-state index in [1.165, 1.54) is 4.90 Å². The molecule has 2 amide bonds. The number of nitrogens with zero attached hydrogens (tertiary/aromatic N) is 5. The van der Waals surface area contributed by atoms with Gasteiger partial charge in [0, 0.05) is 70.9 Å². The van der Waals surface area contributed by atoms with Gasteiger partial charge in [-0.15, -0.1) is 0 Å². The fraction of sp³-hybridized carbons (Fsp3) is 0.647. The van der Waals surface area contributed by atoms with Gasteiger partial charge in [0.25, 0.3) is 5.91 Å². The van der Waals surface area contributed by atoms with Crippen LogP contribution in [0.2, 0.25) is 0 Å². The standard InChI is InChI=1S/C34H53BN6O11/c1-25(34(50)41-12-4-7-29(41)35(51)52)36-33(49)27-10-8-26(9-11-27)5-2-3-6-28(42)21-37-13-15-38(22-30(43)44)17-19-40(24-32(47)48)20-18-39(16-14-37)23-31(45)46/h8-11,25,29,51-52H,2-7,12-24H2,1H3,(H,36,49)(H,43,44)(H,45,46)(H,47,48)/t25-,29+/m1/s1. The number of carbonyl (C=O) groups is 6. The van der Waals surface area contributed by atoms with E-state index in [0.29, 0.717) is 96.6 Å². The number of aliphatic carboxylic acids is 3. The van der Waals surface area contributed by atoms with Crippen LogP contribution in [0.1, 0.15) is 54.9 Å². The number of likely N-dealkylation sites (tertiary alicyclic amines) is 1. The summed E-state index contributed by atoms with van der Waals surface area (Å²) < 4.78 is 0. The summed E-state index contributed by atoms with van der Waals surface area (Å²) in [5.74, 6) is -4.50. The smallest absolute Gasteiger partial charge is 0.475 e. The summed E-state index contributed by atoms with van der Waals surface area (Å²) >= 11 is 0. The van der Waals surface area contributed by atoms with Gasteiger partial charge in [-0.3, -0.25) is 48.4 Å². The van der Waals surface area contributed by atoms with Crippen LogP contribution in [0.15, 0.2) is 24.3 Å². The molecule has 1 aromatic carbocycles. The van der Waals surface area contributed by atoms with Crippen LogP contribution in [0.25, 0.3) is 0 Å². The van der Waals surface area contributed by atoms with Gasteiger partial charge in [0.15, 0.2) is 0 Å². The molecule has 52 heavy (non-hydrogen) atoms. The highest BCUT2D eigenvalue weighted by Crippen LogP contribution is 2.19. The van der Waals surface area contributed by atoms with E-state index < -0.39 is 42.9 Å². The van der Waals surface area contributed by atoms with E-state index in [2.05, 4.69) is 5.32 Å². The summed E-state index contributed by atoms with van der Waals surface area (Å²) in [4.78, 5) is 81.4. The maximum atomic E-state index is 13.0. The highest BCUT2D eigenvalue weighted by atomic mass is 16.4. The van der Waals surface area contributed by atoms with E-state index >= 15 is 0 Å². The number of carbonyl (C=O) groups excluding carboxylic acids is 3. The van der Waals surface area contributed by atoms with Gasteiger partial charge in [-0.25, -0.2) is 0 Å². The fourth-order valence-corrected chi connectivity index (χ4v) is 6.55. The molecule has 0 bridgehead atoms. The second-order valence-electron chi connectivity index (χ2n) is 13.6. The number of Topliss-reactive ketones (excluding diaryl/α,β-unsaturated/α-hetero) is 1. The van der Waals surface area contributed by atoms with Crippen molar-refractivity contribution < 1.29 is 54.1 Å². The molecule has 6 N–H and O–H groups in total. The van der Waals surface area contributed by atoms with E-state index in [0.717, 1.165) is 12.0 Å². The van der Waals surface area contributed by atoms with Gasteiger partial charge in [0.1, 0.15) is 11.8 Å². The predicted octanol–water partition coefficient (Wildman–Crippen LogP) is -1.43. The topological polar surface area (TPSA) is 232 Å². The van der Waals surface area contributed by atoms with Crippen molar-refractivity contribution in [2.75, 3.05) is 85.1 Å². The molecule has 288 valence electrons. The molecule has 0 unspecified atom stereocenters. The van der Waals surface area contributed by atoms with Crippen molar-refractivity contribution >= 4 is 42.6 Å². The number of benzene rings is 1. The molecule has 2 heterocycles. The Kier molecular flexibility index (Phi) is 17.6. The number of carboxylic acid groups (broad SMARTS) is 3. The molecule has 3 rings (SSSR count). The zero-order chi connectivity index (χ0) is 38.2. The maximum Gasteiger partial charge on any atom is 0.475 e. The molecule has 0 spiro atoms. The predicted molar refractivity (Wildman–Crippen MR) is 190 cm³/mol. The zero-order valence-corrected chi connectivity index (χ0v) is 29.9. The third-order valence-electron chi connectivity index (χ3n) is 9.44. The monoisotopic (exact) mass is 732 g/mol. The van der Waals surface area contributed by atoms with E-state index in [4.69, 9.17) is 0 Å². The van der Waals surface area contributed by atoms with Crippen molar-refractivity contribution in [3.8, 4) is 0 Å². The van der Waals surface area contributed by atoms with Crippen molar-refractivity contribution in [3.05, 3.63) is 35.4 Å². The zero-order valence-electron chi connectivity index (χ0n) is 29.9. The minimum Gasteiger partial charge on any atom is -0.480 e. The lowest BCUT2D eigenvalue weighted by Gasteiger charge is -2.32. The van der Waals surface area contributed by atoms with E-state index in [9.17, 15) is 54.1 Å². The minimum absolute atomic E-state index is 0.0127. The molecule has 0 aromatic heterocycles. The molecule has 17 nitrogen and oxygen atoms in total. The molecule has 2 atom stereocenters. The Morgan fingerprint density at radius 3 is 1.62 bits per heavy atom. The summed E-state index contributed by atoms with van der Waals surface area (Å²) in [6, 6.07) is 6.15. The Balaban J connectivity index is 1.48. The summed E-state index contributed by atoms with van der Waals surface area (Å²) in [5, 5.41) is 49.9. The minimum atomic E-state index is -1.63. The van der Waals surface area contributed by atoms with Gasteiger partial charge in [-0.2, -0.15) is 0 Å². The molecule has 0 saturated carbocycles. The summed E-state index contributed by atoms with van der Waals surface area (Å²) in [5.41, 5.74) is 1.36. The first-order valence-electron chi connectivity index (χ1n) is 17.8. The van der Waals surface area contributed by atoms with Gasteiger partial charge in [-0.1, -0.05) is 12.1 Å². The lowest BCUT2D eigenvalue weighted by molar-refractivity contribution is -0.140. The van der Waals surface area contributed by atoms with Crippen LogP contribution in [-0.4, -0.2) is 190 Å². The molecular formula is C34H53BN6O11. The van der Waals surface area contributed by atoms with Crippen LogP contribution in [0.5, 0.6) is 0 Å². The third-order valence-corrected chi connectivity index (χ3v) is 9.44. The fourth-order valence-electron chi connectivity index (χ4n) is 6.55. The summed E-state index contributed by atoms with van der Waals surface area (Å²) in [7, 11) is -1.63. The highest BCUT2D eigenvalue weighted by Gasteiger charge is 2.38. The van der Waals surface area contributed by atoms with Gasteiger partial charge in [0.2, 0.25) is 5.91 Å². The molecule has 18 heteroatoms. The molecule has 2 fully saturated rings. The first-order valence-corrected chi connectivity index (χ1v) is 17.8. The van der Waals surface area contributed by atoms with E-state index in [1.807, 2.05) is 17.0 Å². The summed E-state index contributed by atoms with van der Waals surface area (Å²) in [6.07, 6.45) is 3.51. The van der Waals surface area contributed by atoms with Crippen molar-refractivity contribution in [1.29, 1.82) is 0 Å². The van der Waals surface area contributed by atoms with Crippen molar-refractivity contribution in [2.24, 2.45) is 0 Å². The molecular weight excluding hydrogens is 679 g/mol. The Hall–Kier alpha value is -3.94. The largest absolute Gasteiger partial charge is 0.480 e. The molecule has 1 aromatic rings. The van der Waals surface area contributed by atoms with Gasteiger partial charge in [-0.05, 0) is 56.7 Å². The maximum absolute atomic E-state index is 13.0. The van der Waals surface area contributed by atoms with Crippen LogP contribution < -0.4 is 5.32 Å². The van der Waals surface area contributed by atoms with Crippen LogP contribution in [-0.2, 0) is 30.4 Å². The lowest BCUT2D eigenvalue weighted by atomic mass is 9.78. The Bertz CT molecular complexity index is 1340. The quantitative estimate of drug-likeness (QED) is 0.0796. The van der Waals surface area contributed by atoms with E-state index in [-0.39, 0.29) is 37.9 Å². The second kappa shape index (κ2) is 21.6. The van der Waals surface area contributed by atoms with Crippen molar-refractivity contribution in [2.45, 2.75) is 57.4 Å². The van der Waals surface area contributed by atoms with E-state index in [1.54, 1.807) is 33.8 Å². The van der Waals surface area contributed by atoms with Crippen molar-refractivity contribution in [3.63, 3.8) is 0 Å². The lowest BCUT2D eigenvalue weighted by Crippen LogP contribution is -2.52. The normalized spacial score (nSPS) is 19.3. The SMILES string of the molecule is C[C@@H](NC(=O)c1ccc(CCCCC(=O)CN2CCN(CC(=O)O)CCN(CC(=O)O)CCN(CC(=O)O)CC2)cc1)C(=O)N1CCC[C@H]1B(O)O. The number of unbranched alkanes of at least 4 members (excludes halogenated alkanes) is 1. The van der Waals surface area contributed by atoms with Crippen LogP contribution in [0, 0.1) is 0 Å². The average Bonchev–Trinajstić information content (AvgIpc) is 3.58. The van der Waals surface area contributed by atoms with Crippen LogP contribution >= 0.6 is 0 Å². The first-order chi connectivity index (χ1) is 24.7. The Morgan fingerprint density at radius 1 is 0.712 bits per heavy atom. The number of carboxylic acids is 3. The summed E-state index contributed by atoms with van der Waals surface area (Å²) in [6.45, 7) is 4.07. The molecule has 2 aliphatic heterocycles. The number of amides is 2. The average molecular weight is 733 g/mol. The van der Waals surface area contributed by atoms with Crippen molar-refractivity contribution in [1.82, 2.24) is 29.8 Å². The number of ketones is 1. The second-order valence-corrected chi connectivity index (χ2v) is 13.6. The van der Waals surface area contributed by atoms with Gasteiger partial charge < -0.3 is 35.6 Å². The number of aryl methyl sites for hydroxylation is 1.